The van der Waals surface area contributed by atoms with Crippen LogP contribution in [0.25, 0.3) is 5.69 Å². The maximum Gasteiger partial charge on any atom is 0.255 e. The fraction of sp³-hybridized carbons (Fsp3) is 0.357. The number of hydrogen-bond donors (Lipinski definition) is 0. The lowest BCUT2D eigenvalue weighted by atomic mass is 10.1. The first-order valence-electron chi connectivity index (χ1n) is 12.1. The minimum atomic E-state index is 0.0853. The molecule has 1 aromatic heterocycles. The Morgan fingerprint density at radius 3 is 2.49 bits per heavy atom. The smallest absolute Gasteiger partial charge is 0.255 e. The Hall–Kier alpha value is -3.76. The Balaban J connectivity index is 1.29. The van der Waals surface area contributed by atoms with Crippen molar-refractivity contribution in [2.75, 3.05) is 39.4 Å². The molecule has 3 heterocycles. The first kappa shape index (κ1) is 23.0. The van der Waals surface area contributed by atoms with Gasteiger partial charge in [-0.15, -0.1) is 0 Å². The van der Waals surface area contributed by atoms with Crippen molar-refractivity contribution in [2.24, 2.45) is 0 Å². The van der Waals surface area contributed by atoms with Crippen LogP contribution in [-0.2, 0) is 6.54 Å². The second kappa shape index (κ2) is 9.85. The Kier molecular flexibility index (Phi) is 6.47. The second-order valence-corrected chi connectivity index (χ2v) is 9.18. The Labute approximate surface area is 206 Å². The zero-order chi connectivity index (χ0) is 24.4. The summed E-state index contributed by atoms with van der Waals surface area (Å²) in [6, 6.07) is 17.8. The van der Waals surface area contributed by atoms with Gasteiger partial charge in [0.1, 0.15) is 13.2 Å². The second-order valence-electron chi connectivity index (χ2n) is 9.18. The maximum absolute atomic E-state index is 13.6. The van der Waals surface area contributed by atoms with E-state index in [2.05, 4.69) is 15.5 Å². The molecule has 2 aliphatic rings. The van der Waals surface area contributed by atoms with Gasteiger partial charge in [0.05, 0.1) is 17.2 Å². The van der Waals surface area contributed by atoms with Gasteiger partial charge >= 0.3 is 0 Å². The molecule has 2 aromatic carbocycles. The lowest BCUT2D eigenvalue weighted by Gasteiger charge is -2.22. The number of amides is 1. The van der Waals surface area contributed by atoms with Crippen LogP contribution in [0, 0.1) is 25.2 Å². The minimum absolute atomic E-state index is 0.0853. The SMILES string of the molecule is Cc1cc(C(=O)N2CCCN(Cc3ccc(C#N)cc3)CC2)c(C)n1-c1ccc2c(c1)OCCO2. The van der Waals surface area contributed by atoms with Gasteiger partial charge in [0, 0.05) is 55.9 Å². The maximum atomic E-state index is 13.6. The lowest BCUT2D eigenvalue weighted by molar-refractivity contribution is 0.0760. The summed E-state index contributed by atoms with van der Waals surface area (Å²) < 4.78 is 13.5. The van der Waals surface area contributed by atoms with Crippen molar-refractivity contribution in [3.05, 3.63) is 76.6 Å². The Morgan fingerprint density at radius 2 is 1.71 bits per heavy atom. The van der Waals surface area contributed by atoms with E-state index in [1.807, 2.05) is 67.3 Å². The van der Waals surface area contributed by atoms with E-state index in [0.29, 0.717) is 25.3 Å². The third-order valence-corrected chi connectivity index (χ3v) is 6.81. The average Bonchev–Trinajstić information content (AvgIpc) is 3.03. The number of ether oxygens (including phenoxy) is 2. The van der Waals surface area contributed by atoms with Crippen LogP contribution in [0.2, 0.25) is 0 Å². The minimum Gasteiger partial charge on any atom is -0.486 e. The summed E-state index contributed by atoms with van der Waals surface area (Å²) in [5.41, 5.74) is 5.52. The van der Waals surface area contributed by atoms with Crippen LogP contribution in [0.15, 0.2) is 48.5 Å². The van der Waals surface area contributed by atoms with E-state index in [1.54, 1.807) is 0 Å². The zero-order valence-electron chi connectivity index (χ0n) is 20.3. The largest absolute Gasteiger partial charge is 0.486 e. The van der Waals surface area contributed by atoms with Gasteiger partial charge < -0.3 is 18.9 Å². The van der Waals surface area contributed by atoms with Crippen molar-refractivity contribution in [2.45, 2.75) is 26.8 Å². The van der Waals surface area contributed by atoms with E-state index < -0.39 is 0 Å². The summed E-state index contributed by atoms with van der Waals surface area (Å²) in [6.45, 7) is 9.18. The zero-order valence-corrected chi connectivity index (χ0v) is 20.3. The molecule has 0 saturated carbocycles. The summed E-state index contributed by atoms with van der Waals surface area (Å²) in [7, 11) is 0. The van der Waals surface area contributed by atoms with Crippen molar-refractivity contribution in [3.63, 3.8) is 0 Å². The normalized spacial score (nSPS) is 16.0. The van der Waals surface area contributed by atoms with Crippen LogP contribution >= 0.6 is 0 Å². The number of nitrogens with zero attached hydrogens (tertiary/aromatic N) is 4. The highest BCUT2D eigenvalue weighted by Crippen LogP contribution is 2.33. The number of fused-ring (bicyclic) bond motifs is 1. The molecule has 5 rings (SSSR count). The third-order valence-electron chi connectivity index (χ3n) is 6.81. The molecule has 0 bridgehead atoms. The summed E-state index contributed by atoms with van der Waals surface area (Å²) >= 11 is 0. The molecule has 35 heavy (non-hydrogen) atoms. The van der Waals surface area contributed by atoms with Crippen molar-refractivity contribution in [1.82, 2.24) is 14.4 Å². The predicted molar refractivity (Wildman–Crippen MR) is 133 cm³/mol. The summed E-state index contributed by atoms with van der Waals surface area (Å²) in [5, 5.41) is 9.00. The van der Waals surface area contributed by atoms with Gasteiger partial charge in [0.15, 0.2) is 11.5 Å². The topological polar surface area (TPSA) is 70.7 Å². The molecule has 0 N–H and O–H groups in total. The number of carbonyl (C=O) groups is 1. The van der Waals surface area contributed by atoms with Crippen LogP contribution in [0.5, 0.6) is 11.5 Å². The van der Waals surface area contributed by atoms with Crippen molar-refractivity contribution < 1.29 is 14.3 Å². The molecule has 2 aliphatic heterocycles. The summed E-state index contributed by atoms with van der Waals surface area (Å²) in [5.74, 6) is 1.58. The molecule has 0 unspecified atom stereocenters. The van der Waals surface area contributed by atoms with Gasteiger partial charge in [-0.2, -0.15) is 5.26 Å². The fourth-order valence-corrected chi connectivity index (χ4v) is 4.99. The molecule has 1 saturated heterocycles. The molecule has 7 nitrogen and oxygen atoms in total. The third kappa shape index (κ3) is 4.75. The van der Waals surface area contributed by atoms with E-state index >= 15 is 0 Å². The molecular weight excluding hydrogens is 440 g/mol. The molecule has 180 valence electrons. The average molecular weight is 471 g/mol. The van der Waals surface area contributed by atoms with Gasteiger partial charge in [-0.3, -0.25) is 9.69 Å². The Bertz CT molecular complexity index is 1270. The van der Waals surface area contributed by atoms with Crippen LogP contribution in [0.4, 0.5) is 0 Å². The Morgan fingerprint density at radius 1 is 0.943 bits per heavy atom. The monoisotopic (exact) mass is 470 g/mol. The van der Waals surface area contributed by atoms with Crippen molar-refractivity contribution in [3.8, 4) is 23.3 Å². The number of carbonyl (C=O) groups excluding carboxylic acids is 1. The van der Waals surface area contributed by atoms with Crippen molar-refractivity contribution in [1.29, 1.82) is 5.26 Å². The molecule has 0 aliphatic carbocycles. The van der Waals surface area contributed by atoms with E-state index in [1.165, 1.54) is 5.56 Å². The van der Waals surface area contributed by atoms with Crippen LogP contribution in [0.1, 0.15) is 39.3 Å². The highest BCUT2D eigenvalue weighted by molar-refractivity contribution is 5.96. The number of benzene rings is 2. The molecule has 1 fully saturated rings. The van der Waals surface area contributed by atoms with Crippen LogP contribution < -0.4 is 9.47 Å². The molecule has 3 aromatic rings. The van der Waals surface area contributed by atoms with Crippen LogP contribution in [0.3, 0.4) is 0 Å². The first-order valence-corrected chi connectivity index (χ1v) is 12.1. The highest BCUT2D eigenvalue weighted by atomic mass is 16.6. The first-order chi connectivity index (χ1) is 17.0. The van der Waals surface area contributed by atoms with E-state index in [4.69, 9.17) is 14.7 Å². The molecule has 7 heteroatoms. The molecule has 0 spiro atoms. The number of nitriles is 1. The van der Waals surface area contributed by atoms with Gasteiger partial charge in [-0.1, -0.05) is 12.1 Å². The molecule has 0 atom stereocenters. The van der Waals surface area contributed by atoms with Gasteiger partial charge in [-0.05, 0) is 56.2 Å². The van der Waals surface area contributed by atoms with E-state index in [-0.39, 0.29) is 5.91 Å². The number of hydrogen-bond acceptors (Lipinski definition) is 5. The number of aryl methyl sites for hydroxylation is 1. The summed E-state index contributed by atoms with van der Waals surface area (Å²) in [4.78, 5) is 17.9. The fourth-order valence-electron chi connectivity index (χ4n) is 4.99. The quantitative estimate of drug-likeness (QED) is 0.575. The van der Waals surface area contributed by atoms with Gasteiger partial charge in [-0.25, -0.2) is 0 Å². The van der Waals surface area contributed by atoms with Gasteiger partial charge in [0.2, 0.25) is 0 Å². The van der Waals surface area contributed by atoms with Gasteiger partial charge in [0.25, 0.3) is 5.91 Å². The van der Waals surface area contributed by atoms with E-state index in [9.17, 15) is 4.79 Å². The standard InChI is InChI=1S/C28H30N4O3/c1-20-16-25(21(2)32(20)24-8-9-26-27(17-24)35-15-14-34-26)28(33)31-11-3-10-30(12-13-31)19-23-6-4-22(18-29)5-7-23/h4-9,16-17H,3,10-15,19H2,1-2H3. The predicted octanol–water partition coefficient (Wildman–Crippen LogP) is 4.09. The number of rotatable bonds is 4. The molecular formula is C28H30N4O3. The molecule has 1 amide bonds. The molecule has 0 radical (unpaired) electrons. The summed E-state index contributed by atoms with van der Waals surface area (Å²) in [6.07, 6.45) is 0.933. The highest BCUT2D eigenvalue weighted by Gasteiger charge is 2.25. The van der Waals surface area contributed by atoms with E-state index in [0.717, 1.165) is 66.7 Å². The van der Waals surface area contributed by atoms with Crippen LogP contribution in [-0.4, -0.2) is 59.7 Å². The number of aromatic nitrogens is 1. The lowest BCUT2D eigenvalue weighted by Crippen LogP contribution is -2.35. The van der Waals surface area contributed by atoms with Crippen molar-refractivity contribution >= 4 is 5.91 Å².